The average molecular weight is 475 g/mol. The van der Waals surface area contributed by atoms with Gasteiger partial charge in [0.1, 0.15) is 0 Å². The van der Waals surface area contributed by atoms with Gasteiger partial charge in [-0.25, -0.2) is 0 Å². The summed E-state index contributed by atoms with van der Waals surface area (Å²) in [5.74, 6) is 6.26. The Hall–Kier alpha value is -1.37. The van der Waals surface area contributed by atoms with Gasteiger partial charge in [0.15, 0.2) is 5.78 Å². The molecular weight excluding hydrogens is 424 g/mol. The molecule has 0 saturated heterocycles. The Morgan fingerprint density at radius 2 is 1.66 bits per heavy atom. The minimum Gasteiger partial charge on any atom is -0.295 e. The molecule has 0 N–H and O–H groups in total. The molecule has 4 saturated carbocycles. The number of carbonyl (C=O) groups is 1. The van der Waals surface area contributed by atoms with Gasteiger partial charge in [0.25, 0.3) is 0 Å². The van der Waals surface area contributed by atoms with E-state index < -0.39 is 0 Å². The van der Waals surface area contributed by atoms with Crippen molar-refractivity contribution in [3.05, 3.63) is 41.5 Å². The summed E-state index contributed by atoms with van der Waals surface area (Å²) in [5.41, 5.74) is 3.15. The maximum Gasteiger partial charge on any atom is 0.159 e. The second kappa shape index (κ2) is 9.83. The van der Waals surface area contributed by atoms with Gasteiger partial charge in [-0.2, -0.15) is 0 Å². The first-order chi connectivity index (χ1) is 16.7. The number of hydrogen-bond acceptors (Lipinski definition) is 1. The van der Waals surface area contributed by atoms with E-state index in [1.54, 1.807) is 0 Å². The van der Waals surface area contributed by atoms with E-state index in [-0.39, 0.29) is 0 Å². The minimum absolute atomic E-state index is 0.305. The van der Waals surface area contributed by atoms with Crippen molar-refractivity contribution in [1.82, 2.24) is 0 Å². The minimum atomic E-state index is 0.305. The Morgan fingerprint density at radius 3 is 2.40 bits per heavy atom. The smallest absolute Gasteiger partial charge is 0.159 e. The highest BCUT2D eigenvalue weighted by molar-refractivity contribution is 6.00. The van der Waals surface area contributed by atoms with Gasteiger partial charge in [-0.3, -0.25) is 4.79 Å². The summed E-state index contributed by atoms with van der Waals surface area (Å²) in [6.07, 6.45) is 16.6. The third-order valence-electron chi connectivity index (χ3n) is 11.8. The number of hydrogen-bond donors (Lipinski definition) is 0. The Kier molecular flexibility index (Phi) is 7.10. The zero-order valence-electron chi connectivity index (χ0n) is 23.2. The van der Waals surface area contributed by atoms with Crippen molar-refractivity contribution < 1.29 is 4.79 Å². The van der Waals surface area contributed by atoms with Crippen molar-refractivity contribution in [3.63, 3.8) is 0 Å². The van der Waals surface area contributed by atoms with Crippen LogP contribution in [0.25, 0.3) is 6.08 Å². The molecule has 1 heteroatoms. The average Bonchev–Trinajstić information content (AvgIpc) is 3.18. The van der Waals surface area contributed by atoms with Gasteiger partial charge in [0.05, 0.1) is 0 Å². The van der Waals surface area contributed by atoms with Crippen LogP contribution < -0.4 is 0 Å². The predicted molar refractivity (Wildman–Crippen MR) is 148 cm³/mol. The first-order valence-corrected chi connectivity index (χ1v) is 15.0. The summed E-state index contributed by atoms with van der Waals surface area (Å²) < 4.78 is 0. The third kappa shape index (κ3) is 4.59. The predicted octanol–water partition coefficient (Wildman–Crippen LogP) is 9.37. The lowest BCUT2D eigenvalue weighted by molar-refractivity contribution is -0.133. The molecule has 4 fully saturated rings. The Balaban J connectivity index is 1.34. The van der Waals surface area contributed by atoms with Gasteiger partial charge in [0, 0.05) is 6.42 Å². The molecule has 1 aromatic carbocycles. The molecule has 192 valence electrons. The number of allylic oxidation sites excluding steroid dienone is 1. The second-order valence-electron chi connectivity index (χ2n) is 14.1. The second-order valence-corrected chi connectivity index (χ2v) is 14.1. The van der Waals surface area contributed by atoms with Crippen LogP contribution in [0.2, 0.25) is 0 Å². The fourth-order valence-corrected chi connectivity index (χ4v) is 9.92. The Labute approximate surface area is 215 Å². The molecular formula is C34H50O. The van der Waals surface area contributed by atoms with E-state index in [4.69, 9.17) is 0 Å². The van der Waals surface area contributed by atoms with Gasteiger partial charge in [-0.1, -0.05) is 84.2 Å². The summed E-state index contributed by atoms with van der Waals surface area (Å²) in [4.78, 5) is 13.2. The lowest BCUT2D eigenvalue weighted by Crippen LogP contribution is -2.54. The maximum absolute atomic E-state index is 13.2. The van der Waals surface area contributed by atoms with E-state index in [9.17, 15) is 4.79 Å². The number of benzene rings is 1. The van der Waals surface area contributed by atoms with E-state index in [2.05, 4.69) is 71.0 Å². The summed E-state index contributed by atoms with van der Waals surface area (Å²) >= 11 is 0. The molecule has 0 aromatic heterocycles. The molecule has 4 aliphatic rings. The highest BCUT2D eigenvalue weighted by Crippen LogP contribution is 2.68. The number of ketones is 1. The molecule has 1 aromatic rings. The summed E-state index contributed by atoms with van der Waals surface area (Å²) in [6.45, 7) is 12.6. The molecule has 0 bridgehead atoms. The van der Waals surface area contributed by atoms with E-state index >= 15 is 0 Å². The number of fused-ring (bicyclic) bond motifs is 5. The molecule has 0 spiro atoms. The van der Waals surface area contributed by atoms with E-state index in [0.29, 0.717) is 22.5 Å². The van der Waals surface area contributed by atoms with Crippen molar-refractivity contribution in [1.29, 1.82) is 0 Å². The van der Waals surface area contributed by atoms with Crippen LogP contribution >= 0.6 is 0 Å². The van der Waals surface area contributed by atoms with Crippen LogP contribution in [0, 0.1) is 52.3 Å². The molecule has 0 radical (unpaired) electrons. The normalized spacial score (nSPS) is 40.9. The summed E-state index contributed by atoms with van der Waals surface area (Å²) in [6, 6.07) is 10.5. The van der Waals surface area contributed by atoms with Crippen LogP contribution in [0.3, 0.4) is 0 Å². The van der Waals surface area contributed by atoms with Gasteiger partial charge >= 0.3 is 0 Å². The maximum atomic E-state index is 13.2. The van der Waals surface area contributed by atoms with Gasteiger partial charge in [-0.05, 0) is 114 Å². The van der Waals surface area contributed by atoms with Crippen LogP contribution in [0.15, 0.2) is 35.9 Å². The van der Waals surface area contributed by atoms with Crippen LogP contribution in [0.1, 0.15) is 111 Å². The van der Waals surface area contributed by atoms with Crippen molar-refractivity contribution >= 4 is 11.9 Å². The van der Waals surface area contributed by atoms with Crippen molar-refractivity contribution in [2.45, 2.75) is 105 Å². The monoisotopic (exact) mass is 474 g/mol. The Bertz CT molecular complexity index is 927. The summed E-state index contributed by atoms with van der Waals surface area (Å²) in [5, 5.41) is 0. The van der Waals surface area contributed by atoms with Crippen LogP contribution in [-0.2, 0) is 4.79 Å². The van der Waals surface area contributed by atoms with E-state index in [1.165, 1.54) is 63.4 Å². The van der Waals surface area contributed by atoms with Gasteiger partial charge in [0.2, 0.25) is 0 Å². The van der Waals surface area contributed by atoms with Crippen LogP contribution in [-0.4, -0.2) is 5.78 Å². The molecule has 0 aliphatic heterocycles. The van der Waals surface area contributed by atoms with E-state index in [1.807, 2.05) is 0 Å². The zero-order valence-corrected chi connectivity index (χ0v) is 23.2. The molecule has 0 unspecified atom stereocenters. The van der Waals surface area contributed by atoms with Crippen LogP contribution in [0.5, 0.6) is 0 Å². The highest BCUT2D eigenvalue weighted by atomic mass is 16.1. The largest absolute Gasteiger partial charge is 0.295 e. The third-order valence-corrected chi connectivity index (χ3v) is 11.8. The SMILES string of the molecule is CC(C)CCC[C@@H](C)[C@@H]1CC[C@@H]2[C@@H]3CC[C@H]4CC(=O)/C(=C\c5ccccc5)C[C@]4(C)[C@@H]3CC[C@@]21C. The molecule has 0 heterocycles. The van der Waals surface area contributed by atoms with Crippen molar-refractivity contribution in [2.75, 3.05) is 0 Å². The van der Waals surface area contributed by atoms with Gasteiger partial charge < -0.3 is 0 Å². The van der Waals surface area contributed by atoms with Crippen molar-refractivity contribution in [2.24, 2.45) is 52.3 Å². The zero-order chi connectivity index (χ0) is 24.8. The number of carbonyl (C=O) groups excluding carboxylic acids is 1. The topological polar surface area (TPSA) is 17.1 Å². The standard InChI is InChI=1S/C34H50O/c1-23(2)10-9-11-24(3)29-16-17-30-28-15-14-27-21-32(35)26(20-25-12-7-6-8-13-25)22-34(27,5)31(28)18-19-33(29,30)4/h6-8,12-13,20,23-24,27-31H,9-11,14-19,21-22H2,1-5H3/b26-20-/t24-,27+,28+,29+,30-,31-,33-,34+/m1/s1. The van der Waals surface area contributed by atoms with E-state index in [0.717, 1.165) is 53.9 Å². The Morgan fingerprint density at radius 1 is 0.914 bits per heavy atom. The van der Waals surface area contributed by atoms with Crippen molar-refractivity contribution in [3.8, 4) is 0 Å². The molecule has 0 amide bonds. The molecule has 8 atom stereocenters. The first-order valence-electron chi connectivity index (χ1n) is 15.0. The highest BCUT2D eigenvalue weighted by Gasteiger charge is 2.61. The lowest BCUT2D eigenvalue weighted by atomic mass is 9.44. The van der Waals surface area contributed by atoms with Gasteiger partial charge in [-0.15, -0.1) is 0 Å². The quantitative estimate of drug-likeness (QED) is 0.375. The number of Topliss-reactive ketones (excluding diaryl/α,β-unsaturated/α-hetero) is 1. The molecule has 5 rings (SSSR count). The molecule has 4 aliphatic carbocycles. The fraction of sp³-hybridized carbons (Fsp3) is 0.735. The molecule has 1 nitrogen and oxygen atoms in total. The summed E-state index contributed by atoms with van der Waals surface area (Å²) in [7, 11) is 0. The number of rotatable bonds is 6. The fourth-order valence-electron chi connectivity index (χ4n) is 9.92. The molecule has 35 heavy (non-hydrogen) atoms. The van der Waals surface area contributed by atoms with Crippen LogP contribution in [0.4, 0.5) is 0 Å². The first kappa shape index (κ1) is 25.3. The lowest BCUT2D eigenvalue weighted by Gasteiger charge is -2.60.